The van der Waals surface area contributed by atoms with Crippen molar-refractivity contribution in [2.45, 2.75) is 5.92 Å². The number of benzene rings is 2. The molecule has 0 heterocycles. The van der Waals surface area contributed by atoms with Crippen LogP contribution in [0, 0.1) is 0 Å². The number of carbonyl (C=O) groups is 1. The third kappa shape index (κ3) is 1.60. The first-order valence-electron chi connectivity index (χ1n) is 5.71. The number of hydrogen-bond donors (Lipinski definition) is 0. The van der Waals surface area contributed by atoms with E-state index in [2.05, 4.69) is 12.2 Å². The summed E-state index contributed by atoms with van der Waals surface area (Å²) < 4.78 is 0. The second-order valence-electron chi connectivity index (χ2n) is 4.20. The summed E-state index contributed by atoms with van der Waals surface area (Å²) >= 11 is 0. The summed E-state index contributed by atoms with van der Waals surface area (Å²) in [5.74, 6) is -0.155. The molecule has 0 saturated carbocycles. The summed E-state index contributed by atoms with van der Waals surface area (Å²) in [6.07, 6.45) is 5.19. The van der Waals surface area contributed by atoms with Crippen LogP contribution in [0.2, 0.25) is 0 Å². The van der Waals surface area contributed by atoms with Crippen LogP contribution in [0.5, 0.6) is 0 Å². The Labute approximate surface area is 100 Å². The Morgan fingerprint density at radius 2 is 1.24 bits per heavy atom. The Balaban J connectivity index is 2.29. The van der Waals surface area contributed by atoms with E-state index in [0.717, 1.165) is 28.5 Å². The minimum Gasteiger partial charge on any atom is -0.302 e. The molecule has 0 aliphatic heterocycles. The Bertz CT molecular complexity index is 546. The lowest BCUT2D eigenvalue weighted by Gasteiger charge is -2.13. The Hall–Kier alpha value is -2.15. The first-order chi connectivity index (χ1) is 8.40. The van der Waals surface area contributed by atoms with Gasteiger partial charge in [-0.05, 0) is 22.3 Å². The van der Waals surface area contributed by atoms with Crippen LogP contribution in [0.15, 0.2) is 48.5 Å². The van der Waals surface area contributed by atoms with Crippen LogP contribution in [0.4, 0.5) is 0 Å². The second kappa shape index (κ2) is 4.02. The van der Waals surface area contributed by atoms with Crippen molar-refractivity contribution in [3.05, 3.63) is 70.8 Å². The summed E-state index contributed by atoms with van der Waals surface area (Å²) in [6.45, 7) is 0. The molecule has 0 fully saturated rings. The fourth-order valence-electron chi connectivity index (χ4n) is 2.39. The van der Waals surface area contributed by atoms with Crippen molar-refractivity contribution in [3.63, 3.8) is 0 Å². The lowest BCUT2D eigenvalue weighted by molar-refractivity contribution is -0.108. The quantitative estimate of drug-likeness (QED) is 0.672. The van der Waals surface area contributed by atoms with Gasteiger partial charge in [-0.15, -0.1) is 0 Å². The first-order valence-corrected chi connectivity index (χ1v) is 5.71. The highest BCUT2D eigenvalue weighted by Crippen LogP contribution is 2.32. The molecule has 0 bridgehead atoms. The molecule has 17 heavy (non-hydrogen) atoms. The highest BCUT2D eigenvalue weighted by Gasteiger charge is 2.19. The topological polar surface area (TPSA) is 17.1 Å². The Morgan fingerprint density at radius 3 is 1.71 bits per heavy atom. The maximum Gasteiger partial charge on any atom is 0.131 e. The molecule has 1 nitrogen and oxygen atoms in total. The van der Waals surface area contributed by atoms with Crippen molar-refractivity contribution >= 4 is 18.4 Å². The van der Waals surface area contributed by atoms with E-state index in [4.69, 9.17) is 0 Å². The largest absolute Gasteiger partial charge is 0.302 e. The van der Waals surface area contributed by atoms with Gasteiger partial charge in [0.15, 0.2) is 0 Å². The molecular weight excluding hydrogens is 208 g/mol. The van der Waals surface area contributed by atoms with Gasteiger partial charge in [0, 0.05) is 0 Å². The van der Waals surface area contributed by atoms with Gasteiger partial charge in [-0.1, -0.05) is 60.7 Å². The highest BCUT2D eigenvalue weighted by atomic mass is 16.1. The van der Waals surface area contributed by atoms with Crippen molar-refractivity contribution in [3.8, 4) is 0 Å². The fraction of sp³-hybridized carbons (Fsp3) is 0.0625. The molecule has 3 rings (SSSR count). The molecule has 0 N–H and O–H groups in total. The van der Waals surface area contributed by atoms with Crippen molar-refractivity contribution in [1.82, 2.24) is 0 Å². The molecule has 0 aromatic heterocycles. The Kier molecular flexibility index (Phi) is 2.37. The standard InChI is InChI=1S/C16H12O/c17-11-16-14-7-3-1-5-12(14)9-10-13-6-2-4-8-15(13)16/h1-11,16H. The molecule has 0 spiro atoms. The number of hydrogen-bond acceptors (Lipinski definition) is 1. The van der Waals surface area contributed by atoms with Crippen LogP contribution in [-0.4, -0.2) is 6.29 Å². The first kappa shape index (κ1) is 10.0. The van der Waals surface area contributed by atoms with E-state index in [1.54, 1.807) is 0 Å². The van der Waals surface area contributed by atoms with Gasteiger partial charge in [0.05, 0.1) is 5.92 Å². The van der Waals surface area contributed by atoms with Crippen LogP contribution in [0.1, 0.15) is 28.2 Å². The highest BCUT2D eigenvalue weighted by molar-refractivity contribution is 5.82. The third-order valence-corrected chi connectivity index (χ3v) is 3.24. The predicted octanol–water partition coefficient (Wildman–Crippen LogP) is 3.50. The van der Waals surface area contributed by atoms with E-state index < -0.39 is 0 Å². The van der Waals surface area contributed by atoms with Gasteiger partial charge in [-0.25, -0.2) is 0 Å². The molecule has 1 aliphatic rings. The van der Waals surface area contributed by atoms with E-state index in [1.807, 2.05) is 48.5 Å². The van der Waals surface area contributed by atoms with E-state index in [0.29, 0.717) is 0 Å². The van der Waals surface area contributed by atoms with Crippen LogP contribution in [0.3, 0.4) is 0 Å². The molecule has 0 saturated heterocycles. The molecule has 0 atom stereocenters. The maximum atomic E-state index is 11.4. The zero-order valence-electron chi connectivity index (χ0n) is 9.34. The van der Waals surface area contributed by atoms with Crippen LogP contribution in [-0.2, 0) is 4.79 Å². The van der Waals surface area contributed by atoms with E-state index >= 15 is 0 Å². The summed E-state index contributed by atoms with van der Waals surface area (Å²) in [7, 11) is 0. The summed E-state index contributed by atoms with van der Waals surface area (Å²) in [6, 6.07) is 16.1. The molecule has 1 aliphatic carbocycles. The van der Waals surface area contributed by atoms with Crippen LogP contribution < -0.4 is 0 Å². The summed E-state index contributed by atoms with van der Waals surface area (Å²) in [4.78, 5) is 11.4. The molecule has 0 amide bonds. The molecule has 0 radical (unpaired) electrons. The normalized spacial score (nSPS) is 13.6. The van der Waals surface area contributed by atoms with Crippen LogP contribution >= 0.6 is 0 Å². The zero-order valence-corrected chi connectivity index (χ0v) is 9.34. The van der Waals surface area contributed by atoms with Gasteiger partial charge in [0.2, 0.25) is 0 Å². The lowest BCUT2D eigenvalue weighted by atomic mass is 9.89. The number of fused-ring (bicyclic) bond motifs is 2. The minimum absolute atomic E-state index is 0.155. The molecular formula is C16H12O. The van der Waals surface area contributed by atoms with Crippen molar-refractivity contribution in [1.29, 1.82) is 0 Å². The maximum absolute atomic E-state index is 11.4. The van der Waals surface area contributed by atoms with Crippen molar-refractivity contribution in [2.24, 2.45) is 0 Å². The molecule has 2 aromatic rings. The molecule has 1 heteroatoms. The van der Waals surface area contributed by atoms with Gasteiger partial charge in [-0.2, -0.15) is 0 Å². The molecule has 82 valence electrons. The van der Waals surface area contributed by atoms with Gasteiger partial charge in [-0.3, -0.25) is 0 Å². The number of rotatable bonds is 1. The van der Waals surface area contributed by atoms with E-state index in [1.165, 1.54) is 0 Å². The predicted molar refractivity (Wildman–Crippen MR) is 69.7 cm³/mol. The zero-order chi connectivity index (χ0) is 11.7. The van der Waals surface area contributed by atoms with Crippen molar-refractivity contribution in [2.75, 3.05) is 0 Å². The van der Waals surface area contributed by atoms with E-state index in [9.17, 15) is 4.79 Å². The Morgan fingerprint density at radius 1 is 0.765 bits per heavy atom. The summed E-state index contributed by atoms with van der Waals surface area (Å²) in [5, 5.41) is 0. The second-order valence-corrected chi connectivity index (χ2v) is 4.20. The van der Waals surface area contributed by atoms with Crippen LogP contribution in [0.25, 0.3) is 12.2 Å². The molecule has 2 aromatic carbocycles. The monoisotopic (exact) mass is 220 g/mol. The van der Waals surface area contributed by atoms with Gasteiger partial charge < -0.3 is 4.79 Å². The SMILES string of the molecule is O=CC1c2ccccc2C=Cc2ccccc21. The lowest BCUT2D eigenvalue weighted by Crippen LogP contribution is -2.04. The van der Waals surface area contributed by atoms with E-state index in [-0.39, 0.29) is 5.92 Å². The van der Waals surface area contributed by atoms with Crippen molar-refractivity contribution < 1.29 is 4.79 Å². The minimum atomic E-state index is -0.155. The van der Waals surface area contributed by atoms with Gasteiger partial charge in [0.25, 0.3) is 0 Å². The molecule has 0 unspecified atom stereocenters. The van der Waals surface area contributed by atoms with Gasteiger partial charge in [0.1, 0.15) is 6.29 Å². The fourth-order valence-corrected chi connectivity index (χ4v) is 2.39. The average molecular weight is 220 g/mol. The smallest absolute Gasteiger partial charge is 0.131 e. The number of carbonyl (C=O) groups excluding carboxylic acids is 1. The average Bonchev–Trinajstić information content (AvgIpc) is 2.55. The van der Waals surface area contributed by atoms with Gasteiger partial charge >= 0.3 is 0 Å². The third-order valence-electron chi connectivity index (χ3n) is 3.24. The number of aldehydes is 1. The summed E-state index contributed by atoms with van der Waals surface area (Å²) in [5.41, 5.74) is 4.43.